The molecular weight excluding hydrogens is 358 g/mol. The molecule has 0 bridgehead atoms. The second-order valence-corrected chi connectivity index (χ2v) is 5.74. The number of nitrogens with zero attached hydrogens (tertiary/aromatic N) is 2. The lowest BCUT2D eigenvalue weighted by Crippen LogP contribution is -2.23. The standard InChI is InChI=1S/C18H16ClN3O4/c1-24-14-7-12(8-15(9-14)25-2)18(23)20-10-16-21-17(22-26-16)11-3-5-13(19)6-4-11/h3-9H,10H2,1-2H3,(H,20,23). The molecule has 2 aromatic carbocycles. The Morgan fingerprint density at radius 3 is 2.38 bits per heavy atom. The number of benzene rings is 2. The number of halogens is 1. The summed E-state index contributed by atoms with van der Waals surface area (Å²) >= 11 is 5.86. The Morgan fingerprint density at radius 1 is 1.12 bits per heavy atom. The number of aromatic nitrogens is 2. The number of carbonyl (C=O) groups is 1. The van der Waals surface area contributed by atoms with E-state index in [1.165, 1.54) is 14.2 Å². The number of hydrogen-bond acceptors (Lipinski definition) is 6. The van der Waals surface area contributed by atoms with Gasteiger partial charge in [0.25, 0.3) is 5.91 Å². The van der Waals surface area contributed by atoms with Crippen LogP contribution in [0.2, 0.25) is 5.02 Å². The minimum absolute atomic E-state index is 0.0962. The molecule has 8 heteroatoms. The summed E-state index contributed by atoms with van der Waals surface area (Å²) in [6.45, 7) is 0.0962. The van der Waals surface area contributed by atoms with Crippen molar-refractivity contribution in [2.45, 2.75) is 6.54 Å². The molecule has 26 heavy (non-hydrogen) atoms. The first-order chi connectivity index (χ1) is 12.6. The van der Waals surface area contributed by atoms with Gasteiger partial charge in [0.15, 0.2) is 0 Å². The van der Waals surface area contributed by atoms with E-state index in [2.05, 4.69) is 15.5 Å². The predicted molar refractivity (Wildman–Crippen MR) is 95.5 cm³/mol. The first kappa shape index (κ1) is 17.8. The van der Waals surface area contributed by atoms with Crippen LogP contribution in [0.3, 0.4) is 0 Å². The van der Waals surface area contributed by atoms with Gasteiger partial charge < -0.3 is 19.3 Å². The van der Waals surface area contributed by atoms with Crippen LogP contribution < -0.4 is 14.8 Å². The van der Waals surface area contributed by atoms with Gasteiger partial charge in [-0.15, -0.1) is 0 Å². The minimum Gasteiger partial charge on any atom is -0.497 e. The number of ether oxygens (including phenoxy) is 2. The highest BCUT2D eigenvalue weighted by Crippen LogP contribution is 2.22. The summed E-state index contributed by atoms with van der Waals surface area (Å²) in [6.07, 6.45) is 0. The Hall–Kier alpha value is -3.06. The largest absolute Gasteiger partial charge is 0.497 e. The van der Waals surface area contributed by atoms with Crippen molar-refractivity contribution >= 4 is 17.5 Å². The molecule has 7 nitrogen and oxygen atoms in total. The van der Waals surface area contributed by atoms with Crippen LogP contribution in [0, 0.1) is 0 Å². The third-order valence-electron chi connectivity index (χ3n) is 3.58. The SMILES string of the molecule is COc1cc(OC)cc(C(=O)NCc2nc(-c3ccc(Cl)cc3)no2)c1. The Kier molecular flexibility index (Phi) is 5.38. The molecular formula is C18H16ClN3O4. The van der Waals surface area contributed by atoms with E-state index in [1.54, 1.807) is 42.5 Å². The van der Waals surface area contributed by atoms with Gasteiger partial charge in [0.05, 0.1) is 20.8 Å². The Balaban J connectivity index is 1.67. The van der Waals surface area contributed by atoms with E-state index in [0.717, 1.165) is 5.56 Å². The lowest BCUT2D eigenvalue weighted by molar-refractivity contribution is 0.0945. The molecule has 0 aliphatic heterocycles. The Morgan fingerprint density at radius 2 is 1.77 bits per heavy atom. The average molecular weight is 374 g/mol. The van der Waals surface area contributed by atoms with Gasteiger partial charge in [-0.1, -0.05) is 16.8 Å². The Labute approximate surface area is 154 Å². The maximum Gasteiger partial charge on any atom is 0.251 e. The van der Waals surface area contributed by atoms with Crippen LogP contribution in [-0.4, -0.2) is 30.3 Å². The molecule has 1 aromatic heterocycles. The van der Waals surface area contributed by atoms with Crippen LogP contribution in [0.15, 0.2) is 47.0 Å². The molecule has 134 valence electrons. The molecule has 0 unspecified atom stereocenters. The number of hydrogen-bond donors (Lipinski definition) is 1. The van der Waals surface area contributed by atoms with Gasteiger partial charge in [-0.25, -0.2) is 0 Å². The van der Waals surface area contributed by atoms with Gasteiger partial charge in [0.2, 0.25) is 11.7 Å². The van der Waals surface area contributed by atoms with Gasteiger partial charge in [0.1, 0.15) is 11.5 Å². The summed E-state index contributed by atoms with van der Waals surface area (Å²) in [4.78, 5) is 16.6. The van der Waals surface area contributed by atoms with E-state index in [1.807, 2.05) is 0 Å². The molecule has 0 fully saturated rings. The van der Waals surface area contributed by atoms with Gasteiger partial charge in [-0.3, -0.25) is 4.79 Å². The zero-order chi connectivity index (χ0) is 18.5. The quantitative estimate of drug-likeness (QED) is 0.713. The van der Waals surface area contributed by atoms with Crippen molar-refractivity contribution in [2.75, 3.05) is 14.2 Å². The van der Waals surface area contributed by atoms with Crippen molar-refractivity contribution in [1.29, 1.82) is 0 Å². The van der Waals surface area contributed by atoms with E-state index in [4.69, 9.17) is 25.6 Å². The average Bonchev–Trinajstić information content (AvgIpc) is 3.15. The van der Waals surface area contributed by atoms with Crippen LogP contribution in [0.25, 0.3) is 11.4 Å². The highest BCUT2D eigenvalue weighted by molar-refractivity contribution is 6.30. The van der Waals surface area contributed by atoms with Crippen LogP contribution in [0.4, 0.5) is 0 Å². The molecule has 0 radical (unpaired) electrons. The molecule has 0 aliphatic carbocycles. The molecule has 0 aliphatic rings. The van der Waals surface area contributed by atoms with E-state index in [9.17, 15) is 4.79 Å². The molecule has 3 aromatic rings. The lowest BCUT2D eigenvalue weighted by Gasteiger charge is -2.08. The van der Waals surface area contributed by atoms with Crippen molar-refractivity contribution in [2.24, 2.45) is 0 Å². The third-order valence-corrected chi connectivity index (χ3v) is 3.84. The summed E-state index contributed by atoms with van der Waals surface area (Å²) < 4.78 is 15.5. The van der Waals surface area contributed by atoms with Crippen LogP contribution in [0.1, 0.15) is 16.2 Å². The van der Waals surface area contributed by atoms with Crippen molar-refractivity contribution in [1.82, 2.24) is 15.5 Å². The van der Waals surface area contributed by atoms with Crippen molar-refractivity contribution < 1.29 is 18.8 Å². The molecule has 1 heterocycles. The van der Waals surface area contributed by atoms with Gasteiger partial charge in [-0.05, 0) is 36.4 Å². The molecule has 0 saturated carbocycles. The topological polar surface area (TPSA) is 86.5 Å². The van der Waals surface area contributed by atoms with E-state index in [-0.39, 0.29) is 18.3 Å². The summed E-state index contributed by atoms with van der Waals surface area (Å²) in [5, 5.41) is 7.25. The lowest BCUT2D eigenvalue weighted by atomic mass is 10.2. The van der Waals surface area contributed by atoms with E-state index in [0.29, 0.717) is 27.9 Å². The van der Waals surface area contributed by atoms with Crippen LogP contribution >= 0.6 is 11.6 Å². The van der Waals surface area contributed by atoms with Gasteiger partial charge in [-0.2, -0.15) is 4.98 Å². The Bertz CT molecular complexity index is 887. The number of amides is 1. The van der Waals surface area contributed by atoms with Crippen molar-refractivity contribution in [3.05, 3.63) is 58.9 Å². The number of nitrogens with one attached hydrogen (secondary N) is 1. The fourth-order valence-corrected chi connectivity index (χ4v) is 2.37. The molecule has 3 rings (SSSR count). The minimum atomic E-state index is -0.312. The highest BCUT2D eigenvalue weighted by Gasteiger charge is 2.13. The number of rotatable bonds is 6. The first-order valence-corrected chi connectivity index (χ1v) is 8.06. The zero-order valence-electron chi connectivity index (χ0n) is 14.2. The molecule has 0 atom stereocenters. The van der Waals surface area contributed by atoms with Crippen LogP contribution in [-0.2, 0) is 6.54 Å². The molecule has 1 N–H and O–H groups in total. The van der Waals surface area contributed by atoms with E-state index < -0.39 is 0 Å². The molecule has 0 saturated heterocycles. The van der Waals surface area contributed by atoms with E-state index >= 15 is 0 Å². The first-order valence-electron chi connectivity index (χ1n) is 7.69. The summed E-state index contributed by atoms with van der Waals surface area (Å²) in [5.41, 5.74) is 1.17. The second kappa shape index (κ2) is 7.88. The monoisotopic (exact) mass is 373 g/mol. The number of carbonyl (C=O) groups excluding carboxylic acids is 1. The van der Waals surface area contributed by atoms with Gasteiger partial charge >= 0.3 is 0 Å². The highest BCUT2D eigenvalue weighted by atomic mass is 35.5. The fraction of sp³-hybridized carbons (Fsp3) is 0.167. The third kappa shape index (κ3) is 4.12. The van der Waals surface area contributed by atoms with Crippen molar-refractivity contribution in [3.63, 3.8) is 0 Å². The maximum absolute atomic E-state index is 12.3. The maximum atomic E-state index is 12.3. The summed E-state index contributed by atoms with van der Waals surface area (Å²) in [7, 11) is 3.04. The normalized spacial score (nSPS) is 10.4. The van der Waals surface area contributed by atoms with Gasteiger partial charge in [0, 0.05) is 22.2 Å². The molecule has 1 amide bonds. The summed E-state index contributed by atoms with van der Waals surface area (Å²) in [6, 6.07) is 12.0. The molecule has 0 spiro atoms. The second-order valence-electron chi connectivity index (χ2n) is 5.30. The van der Waals surface area contributed by atoms with Crippen LogP contribution in [0.5, 0.6) is 11.5 Å². The number of methoxy groups -OCH3 is 2. The fourth-order valence-electron chi connectivity index (χ4n) is 2.24. The predicted octanol–water partition coefficient (Wildman–Crippen LogP) is 3.34. The van der Waals surface area contributed by atoms with Crippen molar-refractivity contribution in [3.8, 4) is 22.9 Å². The summed E-state index contributed by atoms with van der Waals surface area (Å²) in [5.74, 6) is 1.45. The zero-order valence-corrected chi connectivity index (χ0v) is 14.9. The smallest absolute Gasteiger partial charge is 0.251 e.